The van der Waals surface area contributed by atoms with Crippen molar-refractivity contribution in [3.63, 3.8) is 0 Å². The SMILES string of the molecule is C/C1=C(\C(=O)O)C=NC(c2ccccc2)[C@H](c2ccccc2)N=C/C(C(=O)OC2CCCC2)=C(/C)OC(=O)O1. The number of allylic oxidation sites excluding steroid dienone is 2. The lowest BCUT2D eigenvalue weighted by Gasteiger charge is -2.22. The molecule has 1 aliphatic carbocycles. The van der Waals surface area contributed by atoms with Crippen LogP contribution < -0.4 is 0 Å². The van der Waals surface area contributed by atoms with Crippen molar-refractivity contribution in [3.8, 4) is 0 Å². The summed E-state index contributed by atoms with van der Waals surface area (Å²) in [6.07, 6.45) is 4.53. The number of carbonyl (C=O) groups excluding carboxylic acids is 2. The van der Waals surface area contributed by atoms with Crippen LogP contribution in [0.3, 0.4) is 0 Å². The molecule has 9 nitrogen and oxygen atoms in total. The Morgan fingerprint density at radius 1 is 0.795 bits per heavy atom. The number of ether oxygens (including phenoxy) is 3. The van der Waals surface area contributed by atoms with Crippen molar-refractivity contribution in [2.45, 2.75) is 57.7 Å². The molecule has 2 aromatic carbocycles. The molecule has 4 rings (SSSR count). The molecular formula is C30H30N2O7. The number of hydrogen-bond acceptors (Lipinski definition) is 8. The van der Waals surface area contributed by atoms with Crippen molar-refractivity contribution in [2.24, 2.45) is 9.98 Å². The van der Waals surface area contributed by atoms with Gasteiger partial charge in [-0.15, -0.1) is 0 Å². The lowest BCUT2D eigenvalue weighted by atomic mass is 9.94. The summed E-state index contributed by atoms with van der Waals surface area (Å²) in [4.78, 5) is 47.2. The van der Waals surface area contributed by atoms with Crippen molar-refractivity contribution in [2.75, 3.05) is 0 Å². The number of hydrogen-bond donors (Lipinski definition) is 1. The van der Waals surface area contributed by atoms with E-state index >= 15 is 0 Å². The van der Waals surface area contributed by atoms with Crippen molar-refractivity contribution >= 4 is 30.5 Å². The highest BCUT2D eigenvalue weighted by molar-refractivity contribution is 6.10. The number of esters is 1. The average molecular weight is 531 g/mol. The molecule has 2 aliphatic rings. The van der Waals surface area contributed by atoms with Crippen LogP contribution in [-0.2, 0) is 23.8 Å². The molecule has 0 amide bonds. The van der Waals surface area contributed by atoms with Crippen LogP contribution in [0.1, 0.15) is 62.7 Å². The molecular weight excluding hydrogens is 500 g/mol. The molecule has 9 heteroatoms. The minimum atomic E-state index is -1.33. The Hall–Kier alpha value is -4.53. The van der Waals surface area contributed by atoms with Gasteiger partial charge in [-0.2, -0.15) is 0 Å². The Morgan fingerprint density at radius 2 is 1.26 bits per heavy atom. The number of cyclic esters (lactones) is 2. The van der Waals surface area contributed by atoms with E-state index in [4.69, 9.17) is 19.2 Å². The van der Waals surface area contributed by atoms with Crippen LogP contribution in [0.15, 0.2) is 93.3 Å². The van der Waals surface area contributed by atoms with E-state index in [1.807, 2.05) is 60.7 Å². The topological polar surface area (TPSA) is 124 Å². The highest BCUT2D eigenvalue weighted by atomic mass is 16.7. The van der Waals surface area contributed by atoms with Crippen molar-refractivity contribution in [3.05, 3.63) is 94.5 Å². The Morgan fingerprint density at radius 3 is 1.74 bits per heavy atom. The summed E-state index contributed by atoms with van der Waals surface area (Å²) in [5.74, 6) is -2.31. The maximum absolute atomic E-state index is 13.2. The minimum absolute atomic E-state index is 0.0464. The summed E-state index contributed by atoms with van der Waals surface area (Å²) in [6, 6.07) is 17.3. The third-order valence-electron chi connectivity index (χ3n) is 6.57. The van der Waals surface area contributed by atoms with E-state index in [2.05, 4.69) is 4.99 Å². The number of rotatable bonds is 5. The van der Waals surface area contributed by atoms with E-state index in [-0.39, 0.29) is 28.8 Å². The highest BCUT2D eigenvalue weighted by Gasteiger charge is 2.28. The van der Waals surface area contributed by atoms with Gasteiger partial charge in [-0.3, -0.25) is 9.98 Å². The van der Waals surface area contributed by atoms with Gasteiger partial charge in [0.1, 0.15) is 40.9 Å². The van der Waals surface area contributed by atoms with E-state index in [1.165, 1.54) is 20.1 Å². The van der Waals surface area contributed by atoms with Gasteiger partial charge in [0.05, 0.1) is 0 Å². The normalized spacial score (nSPS) is 24.6. The van der Waals surface area contributed by atoms with Crippen LogP contribution >= 0.6 is 0 Å². The van der Waals surface area contributed by atoms with Crippen molar-refractivity contribution in [1.29, 1.82) is 0 Å². The first-order valence-electron chi connectivity index (χ1n) is 12.8. The third kappa shape index (κ3) is 7.07. The molecule has 1 heterocycles. The van der Waals surface area contributed by atoms with E-state index in [0.717, 1.165) is 43.0 Å². The Kier molecular flexibility index (Phi) is 9.04. The predicted molar refractivity (Wildman–Crippen MR) is 144 cm³/mol. The van der Waals surface area contributed by atoms with Crippen LogP contribution in [0, 0.1) is 0 Å². The summed E-state index contributed by atoms with van der Waals surface area (Å²) in [5.41, 5.74) is 1.17. The lowest BCUT2D eigenvalue weighted by Crippen LogP contribution is -2.20. The highest BCUT2D eigenvalue weighted by Crippen LogP contribution is 2.36. The molecule has 0 spiro atoms. The summed E-state index contributed by atoms with van der Waals surface area (Å²) < 4.78 is 16.1. The van der Waals surface area contributed by atoms with Crippen molar-refractivity contribution < 1.29 is 33.7 Å². The van der Waals surface area contributed by atoms with Gasteiger partial charge < -0.3 is 19.3 Å². The standard InChI is InChI=1S/C30H30N2O7/c1-19-24(28(33)34)17-31-26(21-11-5-3-6-12-21)27(22-13-7-4-8-14-22)32-18-25(20(2)38-30(36)37-19)29(35)39-23-15-9-10-16-23/h3-8,11-14,17-18,23,26-27H,9-10,15-16H2,1-2H3,(H,33,34)/b24-19+,25-20+,31-17?,32-18?/t26?,27-/m0/s1. The van der Waals surface area contributed by atoms with Gasteiger partial charge in [-0.1, -0.05) is 60.7 Å². The fourth-order valence-electron chi connectivity index (χ4n) is 4.50. The van der Waals surface area contributed by atoms with Crippen LogP contribution in [0.5, 0.6) is 0 Å². The number of nitrogens with zero attached hydrogens (tertiary/aromatic N) is 2. The number of carbonyl (C=O) groups is 3. The molecule has 0 bridgehead atoms. The second-order valence-corrected chi connectivity index (χ2v) is 9.28. The molecule has 202 valence electrons. The van der Waals surface area contributed by atoms with Gasteiger partial charge in [0.15, 0.2) is 0 Å². The smallest absolute Gasteiger partial charge is 0.478 e. The first-order chi connectivity index (χ1) is 18.8. The third-order valence-corrected chi connectivity index (χ3v) is 6.57. The monoisotopic (exact) mass is 530 g/mol. The molecule has 1 saturated carbocycles. The Balaban J connectivity index is 1.88. The molecule has 1 unspecified atom stereocenters. The zero-order valence-electron chi connectivity index (χ0n) is 21.8. The van der Waals surface area contributed by atoms with E-state index < -0.39 is 30.2 Å². The summed E-state index contributed by atoms with van der Waals surface area (Å²) >= 11 is 0. The number of carboxylic acid groups (broad SMARTS) is 1. The van der Waals surface area contributed by atoms with Crippen LogP contribution in [-0.4, -0.2) is 41.7 Å². The van der Waals surface area contributed by atoms with Gasteiger partial charge in [0.2, 0.25) is 0 Å². The molecule has 1 aliphatic heterocycles. The largest absolute Gasteiger partial charge is 0.518 e. The van der Waals surface area contributed by atoms with Crippen molar-refractivity contribution in [1.82, 2.24) is 0 Å². The van der Waals surface area contributed by atoms with Crippen LogP contribution in [0.2, 0.25) is 0 Å². The zero-order chi connectivity index (χ0) is 27.8. The van der Waals surface area contributed by atoms with E-state index in [9.17, 15) is 19.5 Å². The minimum Gasteiger partial charge on any atom is -0.478 e. The second-order valence-electron chi connectivity index (χ2n) is 9.28. The fraction of sp³-hybridized carbons (Fsp3) is 0.300. The molecule has 2 aromatic rings. The molecule has 1 fully saturated rings. The van der Waals surface area contributed by atoms with Crippen LogP contribution in [0.25, 0.3) is 0 Å². The molecule has 2 atom stereocenters. The van der Waals surface area contributed by atoms with E-state index in [1.54, 1.807) is 0 Å². The second kappa shape index (κ2) is 12.8. The molecule has 0 radical (unpaired) electrons. The first-order valence-corrected chi connectivity index (χ1v) is 12.8. The maximum Gasteiger partial charge on any atom is 0.518 e. The summed E-state index contributed by atoms with van der Waals surface area (Å²) in [7, 11) is 0. The summed E-state index contributed by atoms with van der Waals surface area (Å²) in [6.45, 7) is 2.76. The van der Waals surface area contributed by atoms with Gasteiger partial charge >= 0.3 is 18.1 Å². The Bertz CT molecular complexity index is 1320. The summed E-state index contributed by atoms with van der Waals surface area (Å²) in [5, 5.41) is 9.82. The lowest BCUT2D eigenvalue weighted by molar-refractivity contribution is -0.143. The number of benzene rings is 2. The van der Waals surface area contributed by atoms with Crippen LogP contribution in [0.4, 0.5) is 4.79 Å². The molecule has 0 aromatic heterocycles. The first kappa shape index (κ1) is 27.5. The quantitative estimate of drug-likeness (QED) is 0.478. The predicted octanol–water partition coefficient (Wildman–Crippen LogP) is 5.90. The zero-order valence-corrected chi connectivity index (χ0v) is 21.8. The number of aliphatic imine (C=N–C) groups is 2. The average Bonchev–Trinajstić information content (AvgIpc) is 3.43. The molecule has 0 saturated heterocycles. The van der Waals surface area contributed by atoms with E-state index in [0.29, 0.717) is 0 Å². The van der Waals surface area contributed by atoms with Gasteiger partial charge in [0.25, 0.3) is 0 Å². The van der Waals surface area contributed by atoms with Gasteiger partial charge in [-0.25, -0.2) is 14.4 Å². The molecule has 39 heavy (non-hydrogen) atoms. The number of carboxylic acids is 1. The van der Waals surface area contributed by atoms with Gasteiger partial charge in [-0.05, 0) is 50.7 Å². The van der Waals surface area contributed by atoms with Gasteiger partial charge in [0, 0.05) is 12.4 Å². The Labute approximate surface area is 226 Å². The fourth-order valence-corrected chi connectivity index (χ4v) is 4.50. The number of aliphatic carboxylic acids is 1. The maximum atomic E-state index is 13.2. The molecule has 1 N–H and O–H groups in total.